The zero-order valence-electron chi connectivity index (χ0n) is 18.2. The lowest BCUT2D eigenvalue weighted by Crippen LogP contribution is -2.61. The Kier molecular flexibility index (Phi) is 6.04. The fourth-order valence-corrected chi connectivity index (χ4v) is 5.76. The summed E-state index contributed by atoms with van der Waals surface area (Å²) in [6.45, 7) is 3.21. The van der Waals surface area contributed by atoms with E-state index in [9.17, 15) is 9.59 Å². The quantitative estimate of drug-likeness (QED) is 0.283. The topological polar surface area (TPSA) is 52.7 Å². The van der Waals surface area contributed by atoms with Crippen molar-refractivity contribution in [2.75, 3.05) is 18.0 Å². The van der Waals surface area contributed by atoms with Crippen LogP contribution in [0.2, 0.25) is 0 Å². The number of carbonyl (C=O) groups is 2. The SMILES string of the molecule is Cc1ccc(C2C(Cl)C(=O)N2C(=O)NCCCN2c3ccccc3Sc3ccccc32)cc1. The molecular formula is C26H24ClN3O2S. The number of benzene rings is 3. The van der Waals surface area contributed by atoms with Crippen molar-refractivity contribution < 1.29 is 9.59 Å². The number of aryl methyl sites for hydroxylation is 1. The van der Waals surface area contributed by atoms with E-state index in [0.717, 1.165) is 24.1 Å². The summed E-state index contributed by atoms with van der Waals surface area (Å²) in [4.78, 5) is 31.1. The van der Waals surface area contributed by atoms with Gasteiger partial charge in [0.05, 0.1) is 17.4 Å². The largest absolute Gasteiger partial charge is 0.340 e. The fourth-order valence-electron chi connectivity index (χ4n) is 4.30. The number of urea groups is 1. The third kappa shape index (κ3) is 4.09. The van der Waals surface area contributed by atoms with E-state index in [1.165, 1.54) is 26.1 Å². The lowest BCUT2D eigenvalue weighted by molar-refractivity contribution is -0.140. The molecule has 3 aromatic rings. The van der Waals surface area contributed by atoms with Crippen LogP contribution in [-0.2, 0) is 4.79 Å². The van der Waals surface area contributed by atoms with E-state index in [0.29, 0.717) is 6.54 Å². The van der Waals surface area contributed by atoms with Crippen LogP contribution in [0.4, 0.5) is 16.2 Å². The van der Waals surface area contributed by atoms with Crippen molar-refractivity contribution in [3.63, 3.8) is 0 Å². The van der Waals surface area contributed by atoms with E-state index in [2.05, 4.69) is 46.6 Å². The van der Waals surface area contributed by atoms with Crippen LogP contribution in [0.25, 0.3) is 0 Å². The Balaban J connectivity index is 1.22. The molecule has 0 aromatic heterocycles. The standard InChI is InChI=1S/C26H24ClN3O2S/c1-17-11-13-18(14-12-17)24-23(27)25(31)30(24)26(32)28-15-6-16-29-19-7-2-4-9-21(19)33-22-10-5-3-8-20(22)29/h2-5,7-14,23-24H,6,15-16H2,1H3,(H,28,32). The van der Waals surface area contributed by atoms with Gasteiger partial charge in [0.15, 0.2) is 0 Å². The van der Waals surface area contributed by atoms with Crippen molar-refractivity contribution in [2.45, 2.75) is 34.6 Å². The number of fused-ring (bicyclic) bond motifs is 2. The van der Waals surface area contributed by atoms with Crippen LogP contribution in [-0.4, -0.2) is 35.3 Å². The van der Waals surface area contributed by atoms with Gasteiger partial charge in [-0.3, -0.25) is 9.69 Å². The summed E-state index contributed by atoms with van der Waals surface area (Å²) in [5.41, 5.74) is 4.34. The van der Waals surface area contributed by atoms with Gasteiger partial charge in [-0.15, -0.1) is 11.6 Å². The molecule has 7 heteroatoms. The van der Waals surface area contributed by atoms with Crippen molar-refractivity contribution in [3.05, 3.63) is 83.9 Å². The second kappa shape index (κ2) is 9.12. The van der Waals surface area contributed by atoms with E-state index in [1.807, 2.05) is 43.3 Å². The van der Waals surface area contributed by atoms with Gasteiger partial charge in [-0.1, -0.05) is 65.9 Å². The molecule has 2 heterocycles. The molecule has 0 radical (unpaired) electrons. The zero-order chi connectivity index (χ0) is 22.9. The van der Waals surface area contributed by atoms with Crippen LogP contribution in [0.5, 0.6) is 0 Å². The minimum atomic E-state index is -0.711. The Bertz CT molecular complexity index is 1150. The first kappa shape index (κ1) is 21.9. The number of hydrogen-bond donors (Lipinski definition) is 1. The minimum absolute atomic E-state index is 0.351. The summed E-state index contributed by atoms with van der Waals surface area (Å²) in [6, 6.07) is 23.7. The van der Waals surface area contributed by atoms with Crippen molar-refractivity contribution in [1.82, 2.24) is 10.2 Å². The Labute approximate surface area is 202 Å². The molecule has 1 fully saturated rings. The number of imide groups is 1. The summed E-state index contributed by atoms with van der Waals surface area (Å²) in [7, 11) is 0. The summed E-state index contributed by atoms with van der Waals surface area (Å²) < 4.78 is 0. The molecule has 0 saturated carbocycles. The Morgan fingerprint density at radius 3 is 2.21 bits per heavy atom. The molecule has 3 aromatic carbocycles. The lowest BCUT2D eigenvalue weighted by atomic mass is 9.93. The maximum Gasteiger partial charge on any atom is 0.324 e. The number of amides is 3. The van der Waals surface area contributed by atoms with Crippen molar-refractivity contribution in [1.29, 1.82) is 0 Å². The molecule has 2 aliphatic rings. The van der Waals surface area contributed by atoms with E-state index < -0.39 is 17.5 Å². The highest BCUT2D eigenvalue weighted by Gasteiger charge is 2.50. The minimum Gasteiger partial charge on any atom is -0.340 e. The number of likely N-dealkylation sites (tertiary alicyclic amines) is 1. The van der Waals surface area contributed by atoms with E-state index in [-0.39, 0.29) is 5.91 Å². The predicted molar refractivity (Wildman–Crippen MR) is 132 cm³/mol. The van der Waals surface area contributed by atoms with Crippen LogP contribution in [0.3, 0.4) is 0 Å². The molecule has 1 N–H and O–H groups in total. The predicted octanol–water partition coefficient (Wildman–Crippen LogP) is 5.89. The number of anilines is 2. The van der Waals surface area contributed by atoms with E-state index in [1.54, 1.807) is 11.8 Å². The van der Waals surface area contributed by atoms with Crippen molar-refractivity contribution in [3.8, 4) is 0 Å². The molecule has 1 saturated heterocycles. The van der Waals surface area contributed by atoms with Gasteiger partial charge in [0.2, 0.25) is 0 Å². The molecule has 2 unspecified atom stereocenters. The molecule has 0 bridgehead atoms. The molecule has 5 rings (SSSR count). The van der Waals surface area contributed by atoms with Gasteiger partial charge in [-0.05, 0) is 43.2 Å². The van der Waals surface area contributed by atoms with Crippen LogP contribution < -0.4 is 10.2 Å². The summed E-state index contributed by atoms with van der Waals surface area (Å²) in [6.07, 6.45) is 0.737. The van der Waals surface area contributed by atoms with Gasteiger partial charge >= 0.3 is 6.03 Å². The van der Waals surface area contributed by atoms with Crippen LogP contribution >= 0.6 is 23.4 Å². The van der Waals surface area contributed by atoms with Gasteiger partial charge in [0.1, 0.15) is 5.38 Å². The molecule has 2 aliphatic heterocycles. The fraction of sp³-hybridized carbons (Fsp3) is 0.231. The summed E-state index contributed by atoms with van der Waals surface area (Å²) >= 11 is 8.03. The van der Waals surface area contributed by atoms with Crippen LogP contribution in [0.15, 0.2) is 82.6 Å². The third-order valence-electron chi connectivity index (χ3n) is 6.03. The molecule has 2 atom stereocenters. The lowest BCUT2D eigenvalue weighted by Gasteiger charge is -2.42. The number of hydrogen-bond acceptors (Lipinski definition) is 4. The number of nitrogens with zero attached hydrogens (tertiary/aromatic N) is 2. The first-order chi connectivity index (χ1) is 16.0. The molecule has 0 aliphatic carbocycles. The number of nitrogens with one attached hydrogen (secondary N) is 1. The van der Waals surface area contributed by atoms with Crippen LogP contribution in [0, 0.1) is 6.92 Å². The van der Waals surface area contributed by atoms with E-state index >= 15 is 0 Å². The van der Waals surface area contributed by atoms with Gasteiger partial charge < -0.3 is 10.2 Å². The first-order valence-electron chi connectivity index (χ1n) is 11.0. The molecule has 5 nitrogen and oxygen atoms in total. The molecule has 168 valence electrons. The Morgan fingerprint density at radius 1 is 0.970 bits per heavy atom. The van der Waals surface area contributed by atoms with Crippen molar-refractivity contribution >= 4 is 46.7 Å². The normalized spacial score (nSPS) is 18.9. The molecule has 33 heavy (non-hydrogen) atoms. The van der Waals surface area contributed by atoms with Crippen LogP contribution in [0.1, 0.15) is 23.6 Å². The monoisotopic (exact) mass is 477 g/mol. The first-order valence-corrected chi connectivity index (χ1v) is 12.2. The number of halogens is 1. The molecule has 0 spiro atoms. The second-order valence-electron chi connectivity index (χ2n) is 8.24. The van der Waals surface area contributed by atoms with E-state index in [4.69, 9.17) is 11.6 Å². The number of carbonyl (C=O) groups excluding carboxylic acids is 2. The third-order valence-corrected chi connectivity index (χ3v) is 7.59. The number of alkyl halides is 1. The molecule has 3 amide bonds. The van der Waals surface area contributed by atoms with Gasteiger partial charge in [-0.25, -0.2) is 4.79 Å². The maximum atomic E-state index is 12.8. The molecular weight excluding hydrogens is 454 g/mol. The van der Waals surface area contributed by atoms with Gasteiger partial charge in [-0.2, -0.15) is 0 Å². The Morgan fingerprint density at radius 2 is 1.58 bits per heavy atom. The second-order valence-corrected chi connectivity index (χ2v) is 9.79. The zero-order valence-corrected chi connectivity index (χ0v) is 19.8. The summed E-state index contributed by atoms with van der Waals surface area (Å²) in [5, 5.41) is 2.20. The smallest absolute Gasteiger partial charge is 0.324 e. The van der Waals surface area contributed by atoms with Gasteiger partial charge in [0, 0.05) is 22.9 Å². The number of para-hydroxylation sites is 2. The summed E-state index contributed by atoms with van der Waals surface area (Å²) in [5.74, 6) is -0.351. The highest BCUT2D eigenvalue weighted by atomic mass is 35.5. The maximum absolute atomic E-state index is 12.8. The van der Waals surface area contributed by atoms with Gasteiger partial charge in [0.25, 0.3) is 5.91 Å². The Hall–Kier alpha value is -2.96. The highest BCUT2D eigenvalue weighted by Crippen LogP contribution is 2.47. The number of β-lactam (4-membered cyclic amide) rings is 1. The van der Waals surface area contributed by atoms with Crippen molar-refractivity contribution in [2.24, 2.45) is 0 Å². The highest BCUT2D eigenvalue weighted by molar-refractivity contribution is 7.99. The number of rotatable bonds is 5. The average molecular weight is 478 g/mol. The average Bonchev–Trinajstić information content (AvgIpc) is 2.84.